The largest absolute Gasteiger partial charge is 0.504 e. The molecule has 0 heterocycles. The quantitative estimate of drug-likeness (QED) is 0.439. The van der Waals surface area contributed by atoms with Crippen molar-refractivity contribution < 1.29 is 15.0 Å². The Morgan fingerprint density at radius 1 is 0.913 bits per heavy atom. The van der Waals surface area contributed by atoms with Gasteiger partial charge in [-0.25, -0.2) is 0 Å². The van der Waals surface area contributed by atoms with E-state index in [1.807, 2.05) is 24.3 Å². The van der Waals surface area contributed by atoms with Crippen molar-refractivity contribution in [3.8, 4) is 11.5 Å². The second-order valence-corrected chi connectivity index (χ2v) is 6.85. The molecule has 0 aliphatic heterocycles. The number of aromatic hydroxyl groups is 2. The number of phenols is 2. The molecular weight excluding hydrogens is 424 g/mol. The summed E-state index contributed by atoms with van der Waals surface area (Å²) >= 11 is 6.70. The third kappa shape index (κ3) is 2.99. The summed E-state index contributed by atoms with van der Waals surface area (Å²) < 4.78 is 1.17. The van der Waals surface area contributed by atoms with Crippen molar-refractivity contribution in [2.45, 2.75) is 6.42 Å². The first-order chi connectivity index (χ1) is 11.0. The van der Waals surface area contributed by atoms with Gasteiger partial charge in [0.25, 0.3) is 0 Å². The monoisotopic (exact) mass is 434 g/mol. The van der Waals surface area contributed by atoms with E-state index in [2.05, 4.69) is 31.9 Å². The minimum Gasteiger partial charge on any atom is -0.504 e. The highest BCUT2D eigenvalue weighted by Gasteiger charge is 2.19. The molecule has 0 fully saturated rings. The van der Waals surface area contributed by atoms with Crippen molar-refractivity contribution in [2.75, 3.05) is 0 Å². The molecule has 0 amide bonds. The van der Waals surface area contributed by atoms with E-state index in [-0.39, 0.29) is 23.7 Å². The lowest BCUT2D eigenvalue weighted by atomic mass is 9.96. The molecular formula is C18H12Br2O3. The molecule has 0 radical (unpaired) electrons. The van der Waals surface area contributed by atoms with Gasteiger partial charge in [0.05, 0.1) is 4.47 Å². The average Bonchev–Trinajstić information content (AvgIpc) is 2.57. The Balaban J connectivity index is 2.17. The van der Waals surface area contributed by atoms with Gasteiger partial charge in [-0.3, -0.25) is 4.79 Å². The van der Waals surface area contributed by atoms with Crippen molar-refractivity contribution in [1.82, 2.24) is 0 Å². The zero-order valence-electron chi connectivity index (χ0n) is 11.9. The first-order valence-electron chi connectivity index (χ1n) is 6.89. The number of ketones is 1. The number of phenolic OH excluding ortho intramolecular Hbond substituents is 2. The zero-order valence-corrected chi connectivity index (χ0v) is 15.1. The van der Waals surface area contributed by atoms with Gasteiger partial charge in [-0.1, -0.05) is 46.3 Å². The molecule has 2 N–H and O–H groups in total. The van der Waals surface area contributed by atoms with E-state index in [0.29, 0.717) is 26.4 Å². The molecule has 0 atom stereocenters. The summed E-state index contributed by atoms with van der Waals surface area (Å²) in [5.74, 6) is -0.511. The van der Waals surface area contributed by atoms with Gasteiger partial charge in [0.2, 0.25) is 0 Å². The van der Waals surface area contributed by atoms with Gasteiger partial charge in [-0.2, -0.15) is 0 Å². The predicted molar refractivity (Wildman–Crippen MR) is 97.2 cm³/mol. The van der Waals surface area contributed by atoms with E-state index in [1.165, 1.54) is 0 Å². The van der Waals surface area contributed by atoms with E-state index in [0.717, 1.165) is 4.47 Å². The number of hydrogen-bond donors (Lipinski definition) is 2. The van der Waals surface area contributed by atoms with Crippen LogP contribution in [0.25, 0.3) is 10.8 Å². The Hall–Kier alpha value is -1.85. The van der Waals surface area contributed by atoms with Gasteiger partial charge in [0.1, 0.15) is 0 Å². The third-order valence-corrected chi connectivity index (χ3v) is 5.04. The Kier molecular flexibility index (Phi) is 4.41. The van der Waals surface area contributed by atoms with Crippen LogP contribution < -0.4 is 0 Å². The van der Waals surface area contributed by atoms with E-state index < -0.39 is 0 Å². The van der Waals surface area contributed by atoms with Crippen LogP contribution in [0.5, 0.6) is 11.5 Å². The van der Waals surface area contributed by atoms with Gasteiger partial charge >= 0.3 is 0 Å². The molecule has 3 rings (SSSR count). The van der Waals surface area contributed by atoms with Crippen LogP contribution in [-0.2, 0) is 6.42 Å². The zero-order chi connectivity index (χ0) is 16.6. The molecule has 3 aromatic rings. The first-order valence-corrected chi connectivity index (χ1v) is 8.47. The summed E-state index contributed by atoms with van der Waals surface area (Å²) in [4.78, 5) is 12.5. The van der Waals surface area contributed by atoms with Crippen molar-refractivity contribution in [3.05, 3.63) is 68.6 Å². The Morgan fingerprint density at radius 3 is 2.30 bits per heavy atom. The number of fused-ring (bicyclic) bond motifs is 1. The number of hydrogen-bond acceptors (Lipinski definition) is 3. The lowest BCUT2D eigenvalue weighted by Crippen LogP contribution is -2.05. The summed E-state index contributed by atoms with van der Waals surface area (Å²) in [5, 5.41) is 21.5. The number of carbonyl (C=O) groups is 1. The molecule has 116 valence electrons. The lowest BCUT2D eigenvalue weighted by molar-refractivity contribution is 0.0993. The van der Waals surface area contributed by atoms with Crippen LogP contribution in [0.2, 0.25) is 0 Å². The lowest BCUT2D eigenvalue weighted by Gasteiger charge is -2.13. The first kappa shape index (κ1) is 16.0. The van der Waals surface area contributed by atoms with E-state index in [1.54, 1.807) is 24.3 Å². The van der Waals surface area contributed by atoms with Gasteiger partial charge in [-0.05, 0) is 45.1 Å². The van der Waals surface area contributed by atoms with Crippen LogP contribution in [0.4, 0.5) is 0 Å². The van der Waals surface area contributed by atoms with Crippen molar-refractivity contribution >= 4 is 48.4 Å². The molecule has 23 heavy (non-hydrogen) atoms. The second-order valence-electron chi connectivity index (χ2n) is 5.15. The highest BCUT2D eigenvalue weighted by molar-refractivity contribution is 9.11. The van der Waals surface area contributed by atoms with Crippen LogP contribution in [0, 0.1) is 0 Å². The summed E-state index contributed by atoms with van der Waals surface area (Å²) in [6.07, 6.45) is 0.116. The van der Waals surface area contributed by atoms with Crippen LogP contribution in [0.15, 0.2) is 57.5 Å². The smallest absolute Gasteiger partial charge is 0.172 e. The standard InChI is InChI=1S/C18H12Br2O3/c19-11-6-7-12-13(8-11)14(16(20)18(23)17(12)22)9-15(21)10-4-2-1-3-5-10/h1-8,22-23H,9H2. The molecule has 0 saturated heterocycles. The minimum absolute atomic E-state index is 0.0577. The van der Waals surface area contributed by atoms with E-state index >= 15 is 0 Å². The SMILES string of the molecule is O=C(Cc1c(Br)c(O)c(O)c2ccc(Br)cc12)c1ccccc1. The molecule has 0 aliphatic rings. The topological polar surface area (TPSA) is 57.5 Å². The van der Waals surface area contributed by atoms with Crippen LogP contribution in [0.1, 0.15) is 15.9 Å². The van der Waals surface area contributed by atoms with E-state index in [9.17, 15) is 15.0 Å². The number of benzene rings is 3. The normalized spacial score (nSPS) is 10.9. The maximum Gasteiger partial charge on any atom is 0.172 e. The van der Waals surface area contributed by atoms with Crippen LogP contribution in [-0.4, -0.2) is 16.0 Å². The van der Waals surface area contributed by atoms with Crippen molar-refractivity contribution in [3.63, 3.8) is 0 Å². The molecule has 0 saturated carbocycles. The molecule has 0 bridgehead atoms. The fourth-order valence-electron chi connectivity index (χ4n) is 2.52. The fourth-order valence-corrected chi connectivity index (χ4v) is 3.43. The van der Waals surface area contributed by atoms with Gasteiger partial charge < -0.3 is 10.2 Å². The highest BCUT2D eigenvalue weighted by Crippen LogP contribution is 2.44. The molecule has 3 aromatic carbocycles. The van der Waals surface area contributed by atoms with Crippen LogP contribution in [0.3, 0.4) is 0 Å². The van der Waals surface area contributed by atoms with Crippen LogP contribution >= 0.6 is 31.9 Å². The van der Waals surface area contributed by atoms with Gasteiger partial charge in [0, 0.05) is 21.8 Å². The van der Waals surface area contributed by atoms with Gasteiger partial charge in [-0.15, -0.1) is 0 Å². The van der Waals surface area contributed by atoms with E-state index in [4.69, 9.17) is 0 Å². The third-order valence-electron chi connectivity index (χ3n) is 3.69. The maximum absolute atomic E-state index is 12.5. The summed E-state index contributed by atoms with van der Waals surface area (Å²) in [6, 6.07) is 14.3. The fraction of sp³-hybridized carbons (Fsp3) is 0.0556. The highest BCUT2D eigenvalue weighted by atomic mass is 79.9. The van der Waals surface area contributed by atoms with Crippen molar-refractivity contribution in [1.29, 1.82) is 0 Å². The molecule has 0 aliphatic carbocycles. The average molecular weight is 436 g/mol. The molecule has 0 unspecified atom stereocenters. The Labute approximate surface area is 149 Å². The molecule has 0 spiro atoms. The summed E-state index contributed by atoms with van der Waals surface area (Å²) in [7, 11) is 0. The summed E-state index contributed by atoms with van der Waals surface area (Å²) in [5.41, 5.74) is 1.25. The number of carbonyl (C=O) groups excluding carboxylic acids is 1. The number of rotatable bonds is 3. The van der Waals surface area contributed by atoms with Crippen molar-refractivity contribution in [2.24, 2.45) is 0 Å². The second kappa shape index (κ2) is 6.34. The predicted octanol–water partition coefficient (Wildman–Crippen LogP) is 5.20. The van der Waals surface area contributed by atoms with Gasteiger partial charge in [0.15, 0.2) is 17.3 Å². The molecule has 5 heteroatoms. The number of Topliss-reactive ketones (excluding diaryl/α,β-unsaturated/α-hetero) is 1. The minimum atomic E-state index is -0.254. The molecule has 3 nitrogen and oxygen atoms in total. The number of halogens is 2. The summed E-state index contributed by atoms with van der Waals surface area (Å²) in [6.45, 7) is 0. The Morgan fingerprint density at radius 2 is 1.61 bits per heavy atom. The maximum atomic E-state index is 12.5. The molecule has 0 aromatic heterocycles. The Bertz CT molecular complexity index is 905.